The van der Waals surface area contributed by atoms with Crippen LogP contribution in [0.25, 0.3) is 0 Å². The Balaban J connectivity index is 2.01. The molecule has 0 fully saturated rings. The van der Waals surface area contributed by atoms with E-state index in [4.69, 9.17) is 14.2 Å². The Morgan fingerprint density at radius 3 is 1.73 bits per heavy atom. The minimum Gasteiger partial charge on any atom is -0.494 e. The number of carbonyl (C=O) groups is 2. The van der Waals surface area contributed by atoms with E-state index in [1.165, 1.54) is 57.4 Å². The standard InChI is InChI=1S/C28H44O5/c1-3-5-6-7-8-9-10-11-12-17-24-33-28(30)25-18-20-26(21-19-25)31-22-15-13-14-16-23-32-27(29)4-2/h4,18-21H,2-3,5-17,22-24H2,1H3. The first-order valence-corrected chi connectivity index (χ1v) is 12.9. The summed E-state index contributed by atoms with van der Waals surface area (Å²) in [4.78, 5) is 23.1. The number of carbonyl (C=O) groups excluding carboxylic acids is 2. The maximum atomic E-state index is 12.2. The van der Waals surface area contributed by atoms with Crippen molar-refractivity contribution in [2.75, 3.05) is 19.8 Å². The maximum absolute atomic E-state index is 12.2. The van der Waals surface area contributed by atoms with Crippen LogP contribution < -0.4 is 4.74 Å². The molecule has 0 saturated heterocycles. The average molecular weight is 461 g/mol. The van der Waals surface area contributed by atoms with Crippen LogP contribution in [0.1, 0.15) is 107 Å². The Labute approximate surface area is 200 Å². The fraction of sp³-hybridized carbons (Fsp3) is 0.643. The van der Waals surface area contributed by atoms with Crippen LogP contribution in [-0.2, 0) is 14.3 Å². The smallest absolute Gasteiger partial charge is 0.338 e. The van der Waals surface area contributed by atoms with Crippen LogP contribution in [-0.4, -0.2) is 31.8 Å². The predicted octanol–water partition coefficient (Wildman–Crippen LogP) is 7.43. The highest BCUT2D eigenvalue weighted by Gasteiger charge is 2.07. The van der Waals surface area contributed by atoms with Gasteiger partial charge in [0, 0.05) is 6.08 Å². The van der Waals surface area contributed by atoms with Gasteiger partial charge in [-0.3, -0.25) is 0 Å². The molecule has 0 aromatic heterocycles. The van der Waals surface area contributed by atoms with E-state index in [9.17, 15) is 9.59 Å². The number of ether oxygens (including phenoxy) is 3. The molecule has 0 spiro atoms. The summed E-state index contributed by atoms with van der Waals surface area (Å²) in [6, 6.07) is 7.13. The molecule has 0 heterocycles. The van der Waals surface area contributed by atoms with E-state index in [-0.39, 0.29) is 11.9 Å². The van der Waals surface area contributed by atoms with Gasteiger partial charge in [-0.05, 0) is 56.4 Å². The zero-order chi connectivity index (χ0) is 24.0. The summed E-state index contributed by atoms with van der Waals surface area (Å²) in [7, 11) is 0. The zero-order valence-electron chi connectivity index (χ0n) is 20.7. The molecular formula is C28H44O5. The van der Waals surface area contributed by atoms with Crippen LogP contribution in [0.4, 0.5) is 0 Å². The van der Waals surface area contributed by atoms with Crippen molar-refractivity contribution in [1.29, 1.82) is 0 Å². The third kappa shape index (κ3) is 16.0. The van der Waals surface area contributed by atoms with Gasteiger partial charge in [0.05, 0.1) is 25.4 Å². The molecule has 0 N–H and O–H groups in total. The molecule has 1 aromatic rings. The first-order chi connectivity index (χ1) is 16.2. The Bertz CT molecular complexity index is 638. The lowest BCUT2D eigenvalue weighted by Crippen LogP contribution is -2.06. The highest BCUT2D eigenvalue weighted by molar-refractivity contribution is 5.89. The molecule has 0 saturated carbocycles. The Morgan fingerprint density at radius 1 is 0.697 bits per heavy atom. The van der Waals surface area contributed by atoms with Crippen molar-refractivity contribution in [3.8, 4) is 5.75 Å². The van der Waals surface area contributed by atoms with Gasteiger partial charge < -0.3 is 14.2 Å². The molecule has 0 aliphatic heterocycles. The summed E-state index contributed by atoms with van der Waals surface area (Å²) in [5, 5.41) is 0. The van der Waals surface area contributed by atoms with E-state index in [1.807, 2.05) is 12.1 Å². The van der Waals surface area contributed by atoms with Crippen LogP contribution in [0.3, 0.4) is 0 Å². The second kappa shape index (κ2) is 20.3. The van der Waals surface area contributed by atoms with Crippen molar-refractivity contribution in [3.63, 3.8) is 0 Å². The van der Waals surface area contributed by atoms with Gasteiger partial charge in [0.25, 0.3) is 0 Å². The lowest BCUT2D eigenvalue weighted by atomic mass is 10.1. The quantitative estimate of drug-likeness (QED) is 0.108. The van der Waals surface area contributed by atoms with Gasteiger partial charge in [-0.15, -0.1) is 0 Å². The molecule has 0 radical (unpaired) electrons. The Kier molecular flexibility index (Phi) is 17.7. The molecule has 0 aliphatic carbocycles. The predicted molar refractivity (Wildman–Crippen MR) is 134 cm³/mol. The number of hydrogen-bond acceptors (Lipinski definition) is 5. The van der Waals surface area contributed by atoms with E-state index in [2.05, 4.69) is 13.5 Å². The van der Waals surface area contributed by atoms with Crippen molar-refractivity contribution in [3.05, 3.63) is 42.5 Å². The van der Waals surface area contributed by atoms with E-state index in [0.717, 1.165) is 44.3 Å². The molecule has 0 amide bonds. The van der Waals surface area contributed by atoms with E-state index < -0.39 is 0 Å². The number of esters is 2. The topological polar surface area (TPSA) is 61.8 Å². The molecule has 186 valence electrons. The highest BCUT2D eigenvalue weighted by atomic mass is 16.5. The summed E-state index contributed by atoms with van der Waals surface area (Å²) in [5.74, 6) is 0.111. The van der Waals surface area contributed by atoms with Crippen LogP contribution in [0.15, 0.2) is 36.9 Å². The largest absolute Gasteiger partial charge is 0.494 e. The molecule has 0 bridgehead atoms. The summed E-state index contributed by atoms with van der Waals surface area (Å²) in [5.41, 5.74) is 0.559. The van der Waals surface area contributed by atoms with Gasteiger partial charge in [-0.2, -0.15) is 0 Å². The molecular weight excluding hydrogens is 416 g/mol. The molecule has 1 rings (SSSR count). The maximum Gasteiger partial charge on any atom is 0.338 e. The summed E-state index contributed by atoms with van der Waals surface area (Å²) >= 11 is 0. The molecule has 0 atom stereocenters. The van der Waals surface area contributed by atoms with Gasteiger partial charge in [-0.25, -0.2) is 9.59 Å². The normalized spacial score (nSPS) is 10.6. The summed E-state index contributed by atoms with van der Waals surface area (Å²) in [6.07, 6.45) is 17.6. The van der Waals surface area contributed by atoms with Gasteiger partial charge in [0.1, 0.15) is 5.75 Å². The molecule has 1 aromatic carbocycles. The van der Waals surface area contributed by atoms with Crippen LogP contribution in [0.5, 0.6) is 5.75 Å². The van der Waals surface area contributed by atoms with Crippen LogP contribution in [0.2, 0.25) is 0 Å². The van der Waals surface area contributed by atoms with Crippen molar-refractivity contribution < 1.29 is 23.8 Å². The van der Waals surface area contributed by atoms with Crippen molar-refractivity contribution in [2.24, 2.45) is 0 Å². The zero-order valence-corrected chi connectivity index (χ0v) is 20.7. The SMILES string of the molecule is C=CC(=O)OCCCCCCOc1ccc(C(=O)OCCCCCCCCCCCC)cc1. The molecule has 5 nitrogen and oxygen atoms in total. The monoisotopic (exact) mass is 460 g/mol. The molecule has 0 unspecified atom stereocenters. The minimum absolute atomic E-state index is 0.269. The van der Waals surface area contributed by atoms with Crippen LogP contribution >= 0.6 is 0 Å². The van der Waals surface area contributed by atoms with Gasteiger partial charge >= 0.3 is 11.9 Å². The fourth-order valence-electron chi connectivity index (χ4n) is 3.50. The van der Waals surface area contributed by atoms with E-state index >= 15 is 0 Å². The first kappa shape index (κ1) is 28.7. The third-order valence-electron chi connectivity index (χ3n) is 5.54. The van der Waals surface area contributed by atoms with Crippen molar-refractivity contribution >= 4 is 11.9 Å². The Morgan fingerprint density at radius 2 is 1.18 bits per heavy atom. The minimum atomic E-state index is -0.371. The fourth-order valence-corrected chi connectivity index (χ4v) is 3.50. The second-order valence-electron chi connectivity index (χ2n) is 8.48. The average Bonchev–Trinajstić information content (AvgIpc) is 2.84. The van der Waals surface area contributed by atoms with Gasteiger partial charge in [-0.1, -0.05) is 71.3 Å². The number of unbranched alkanes of at least 4 members (excludes halogenated alkanes) is 12. The second-order valence-corrected chi connectivity index (χ2v) is 8.48. The highest BCUT2D eigenvalue weighted by Crippen LogP contribution is 2.15. The Hall–Kier alpha value is -2.30. The van der Waals surface area contributed by atoms with Crippen LogP contribution in [0, 0.1) is 0 Å². The number of hydrogen-bond donors (Lipinski definition) is 0. The van der Waals surface area contributed by atoms with Crippen molar-refractivity contribution in [2.45, 2.75) is 96.8 Å². The third-order valence-corrected chi connectivity index (χ3v) is 5.54. The van der Waals surface area contributed by atoms with Crippen molar-refractivity contribution in [1.82, 2.24) is 0 Å². The van der Waals surface area contributed by atoms with E-state index in [0.29, 0.717) is 25.4 Å². The first-order valence-electron chi connectivity index (χ1n) is 12.9. The molecule has 0 aliphatic rings. The lowest BCUT2D eigenvalue weighted by molar-refractivity contribution is -0.137. The summed E-state index contributed by atoms with van der Waals surface area (Å²) in [6.45, 7) is 7.15. The molecule has 5 heteroatoms. The number of benzene rings is 1. The van der Waals surface area contributed by atoms with Gasteiger partial charge in [0.2, 0.25) is 0 Å². The van der Waals surface area contributed by atoms with E-state index in [1.54, 1.807) is 12.1 Å². The number of rotatable bonds is 21. The summed E-state index contributed by atoms with van der Waals surface area (Å²) < 4.78 is 16.1. The van der Waals surface area contributed by atoms with Gasteiger partial charge in [0.15, 0.2) is 0 Å². The lowest BCUT2D eigenvalue weighted by Gasteiger charge is -2.08. The molecule has 33 heavy (non-hydrogen) atoms.